The molecular formula is C28H31F5N4O3. The van der Waals surface area contributed by atoms with Gasteiger partial charge in [-0.2, -0.15) is 13.2 Å². The van der Waals surface area contributed by atoms with Crippen LogP contribution in [0.3, 0.4) is 0 Å². The van der Waals surface area contributed by atoms with Crippen LogP contribution in [0.1, 0.15) is 38.0 Å². The first-order valence-electron chi connectivity index (χ1n) is 11.0. The van der Waals surface area contributed by atoms with Crippen LogP contribution >= 0.6 is 0 Å². The molecule has 0 unspecified atom stereocenters. The number of benzene rings is 1. The summed E-state index contributed by atoms with van der Waals surface area (Å²) in [6.45, 7) is 10.5. The van der Waals surface area contributed by atoms with Gasteiger partial charge in [0.2, 0.25) is 0 Å². The summed E-state index contributed by atoms with van der Waals surface area (Å²) in [7, 11) is 1.50. The first-order valence-corrected chi connectivity index (χ1v) is 11.0. The van der Waals surface area contributed by atoms with E-state index in [2.05, 4.69) is 22.2 Å². The molecule has 0 saturated carbocycles. The van der Waals surface area contributed by atoms with Gasteiger partial charge in [0.15, 0.2) is 11.6 Å². The molecule has 1 aromatic heterocycles. The number of aromatic nitrogens is 1. The third-order valence-electron chi connectivity index (χ3n) is 5.47. The Labute approximate surface area is 229 Å². The van der Waals surface area contributed by atoms with Crippen molar-refractivity contribution in [3.05, 3.63) is 95.1 Å². The van der Waals surface area contributed by atoms with Crippen molar-refractivity contribution >= 4 is 36.4 Å². The molecule has 0 amide bonds. The van der Waals surface area contributed by atoms with E-state index >= 15 is 4.39 Å². The van der Waals surface area contributed by atoms with Gasteiger partial charge in [-0.05, 0) is 38.1 Å². The molecule has 3 rings (SSSR count). The summed E-state index contributed by atoms with van der Waals surface area (Å²) in [6, 6.07) is 3.13. The third-order valence-corrected chi connectivity index (χ3v) is 5.47. The van der Waals surface area contributed by atoms with Gasteiger partial charge in [0, 0.05) is 48.9 Å². The van der Waals surface area contributed by atoms with Gasteiger partial charge in [-0.25, -0.2) is 13.8 Å². The van der Waals surface area contributed by atoms with Crippen molar-refractivity contribution < 1.29 is 36.3 Å². The summed E-state index contributed by atoms with van der Waals surface area (Å²) < 4.78 is 69.4. The van der Waals surface area contributed by atoms with Crippen molar-refractivity contribution in [2.24, 2.45) is 0 Å². The standard InChI is InChI=1S/C25H23F5N4O.2CH2O.CH4/c1-5-34-13-16(6-9-21(34)14(2)15(3)35)22-19(26)7-8-20(23(22)27)32-11-17-10-18(25(28,29)30)12-33-24(17)31-4;2*1-2;/h5-10,12-13,32H,1,11H2,2-4H3,(H,31,33);2*1H2;1H4/b21-14+;;;. The molecule has 2 heterocycles. The van der Waals surface area contributed by atoms with E-state index in [1.807, 2.05) is 13.6 Å². The summed E-state index contributed by atoms with van der Waals surface area (Å²) >= 11 is 0. The van der Waals surface area contributed by atoms with Crippen molar-refractivity contribution in [1.82, 2.24) is 9.88 Å². The molecule has 0 fully saturated rings. The first kappa shape index (κ1) is 35.4. The fourth-order valence-corrected chi connectivity index (χ4v) is 3.48. The van der Waals surface area contributed by atoms with Gasteiger partial charge in [0.25, 0.3) is 0 Å². The van der Waals surface area contributed by atoms with E-state index in [4.69, 9.17) is 9.59 Å². The van der Waals surface area contributed by atoms with Gasteiger partial charge in [-0.3, -0.25) is 4.79 Å². The van der Waals surface area contributed by atoms with Gasteiger partial charge in [-0.1, -0.05) is 20.1 Å². The fourth-order valence-electron chi connectivity index (χ4n) is 3.48. The second-order valence-corrected chi connectivity index (χ2v) is 7.69. The van der Waals surface area contributed by atoms with Gasteiger partial charge in [0.05, 0.1) is 22.5 Å². The van der Waals surface area contributed by atoms with Gasteiger partial charge in [-0.15, -0.1) is 0 Å². The molecule has 0 spiro atoms. The normalized spacial score (nSPS) is 13.3. The minimum atomic E-state index is -4.59. The Morgan fingerprint density at radius 2 is 1.73 bits per heavy atom. The Bertz CT molecular complexity index is 1300. The molecule has 1 aromatic carbocycles. The maximum Gasteiger partial charge on any atom is 0.417 e. The quantitative estimate of drug-likeness (QED) is 0.291. The molecule has 216 valence electrons. The third kappa shape index (κ3) is 8.19. The van der Waals surface area contributed by atoms with E-state index in [1.165, 1.54) is 37.3 Å². The SMILES string of the molecule is C.C=CN1C=C(c2c(F)ccc(NCc3cc(C(F)(F)F)cnc3NC)c2F)C=C/C1=C(/C)C(C)=O.C=O.C=O. The number of hydrogen-bond donors (Lipinski definition) is 2. The Balaban J connectivity index is 0.00000291. The zero-order chi connectivity index (χ0) is 29.9. The number of alkyl halides is 3. The zero-order valence-corrected chi connectivity index (χ0v) is 21.5. The van der Waals surface area contributed by atoms with Crippen molar-refractivity contribution in [3.63, 3.8) is 0 Å². The Kier molecular flexibility index (Phi) is 13.9. The van der Waals surface area contributed by atoms with Crippen molar-refractivity contribution in [2.75, 3.05) is 17.7 Å². The Morgan fingerprint density at radius 3 is 2.25 bits per heavy atom. The average molecular weight is 567 g/mol. The number of ketones is 1. The van der Waals surface area contributed by atoms with Gasteiger partial charge < -0.3 is 25.1 Å². The number of allylic oxidation sites excluding steroid dienone is 4. The average Bonchev–Trinajstić information content (AvgIpc) is 2.93. The highest BCUT2D eigenvalue weighted by Crippen LogP contribution is 2.34. The van der Waals surface area contributed by atoms with E-state index < -0.39 is 23.4 Å². The number of nitrogens with one attached hydrogen (secondary N) is 2. The number of Topliss-reactive ketones (excluding diaryl/α,β-unsaturated/α-hetero) is 1. The van der Waals surface area contributed by atoms with Crippen LogP contribution < -0.4 is 10.6 Å². The Morgan fingerprint density at radius 1 is 1.10 bits per heavy atom. The fraction of sp³-hybridized carbons (Fsp3) is 0.214. The van der Waals surface area contributed by atoms with E-state index in [9.17, 15) is 22.4 Å². The summed E-state index contributed by atoms with van der Waals surface area (Å²) in [4.78, 5) is 33.0. The molecule has 2 N–H and O–H groups in total. The molecule has 1 aliphatic rings. The van der Waals surface area contributed by atoms with Crippen LogP contribution in [0.25, 0.3) is 5.57 Å². The predicted molar refractivity (Wildman–Crippen MR) is 146 cm³/mol. The molecule has 1 aliphatic heterocycles. The second-order valence-electron chi connectivity index (χ2n) is 7.69. The summed E-state index contributed by atoms with van der Waals surface area (Å²) in [6.07, 6.45) is 1.99. The zero-order valence-electron chi connectivity index (χ0n) is 21.5. The number of anilines is 2. The van der Waals surface area contributed by atoms with Gasteiger partial charge in [0.1, 0.15) is 25.2 Å². The maximum atomic E-state index is 15.4. The molecule has 0 aliphatic carbocycles. The molecule has 0 atom stereocenters. The lowest BCUT2D eigenvalue weighted by Crippen LogP contribution is -2.16. The summed E-state index contributed by atoms with van der Waals surface area (Å²) in [5, 5.41) is 5.42. The van der Waals surface area contributed by atoms with Crippen LogP contribution in [0, 0.1) is 11.6 Å². The van der Waals surface area contributed by atoms with Gasteiger partial charge >= 0.3 is 6.18 Å². The highest BCUT2D eigenvalue weighted by Gasteiger charge is 2.31. The topological polar surface area (TPSA) is 91.4 Å². The number of hydrogen-bond acceptors (Lipinski definition) is 7. The number of carbonyl (C=O) groups is 3. The molecule has 0 bridgehead atoms. The lowest BCUT2D eigenvalue weighted by atomic mass is 9.99. The van der Waals surface area contributed by atoms with Crippen LogP contribution in [-0.4, -0.2) is 36.3 Å². The van der Waals surface area contributed by atoms with Crippen LogP contribution in [0.15, 0.2) is 66.8 Å². The van der Waals surface area contributed by atoms with Crippen molar-refractivity contribution in [1.29, 1.82) is 0 Å². The predicted octanol–water partition coefficient (Wildman–Crippen LogP) is 6.52. The highest BCUT2D eigenvalue weighted by molar-refractivity contribution is 5.94. The molecule has 7 nitrogen and oxygen atoms in total. The number of pyridine rings is 1. The monoisotopic (exact) mass is 566 g/mol. The lowest BCUT2D eigenvalue weighted by molar-refractivity contribution is -0.137. The minimum Gasteiger partial charge on any atom is -0.378 e. The number of rotatable bonds is 7. The Hall–Kier alpha value is -4.61. The largest absolute Gasteiger partial charge is 0.417 e. The molecular weight excluding hydrogens is 535 g/mol. The number of carbonyl (C=O) groups excluding carboxylic acids is 3. The molecule has 12 heteroatoms. The van der Waals surface area contributed by atoms with Crippen LogP contribution in [-0.2, 0) is 27.1 Å². The van der Waals surface area contributed by atoms with Crippen molar-refractivity contribution in [2.45, 2.75) is 34.0 Å². The summed E-state index contributed by atoms with van der Waals surface area (Å²) in [5.41, 5.74) is -0.0988. The first-order chi connectivity index (χ1) is 18.5. The van der Waals surface area contributed by atoms with Crippen LogP contribution in [0.2, 0.25) is 0 Å². The lowest BCUT2D eigenvalue weighted by Gasteiger charge is -2.24. The van der Waals surface area contributed by atoms with E-state index in [0.29, 0.717) is 17.5 Å². The second kappa shape index (κ2) is 15.7. The smallest absolute Gasteiger partial charge is 0.378 e. The highest BCUT2D eigenvalue weighted by atomic mass is 19.4. The number of nitrogens with zero attached hydrogens (tertiary/aromatic N) is 2. The molecule has 40 heavy (non-hydrogen) atoms. The minimum absolute atomic E-state index is 0. The van der Waals surface area contributed by atoms with E-state index in [0.717, 1.165) is 18.2 Å². The van der Waals surface area contributed by atoms with E-state index in [1.54, 1.807) is 13.0 Å². The van der Waals surface area contributed by atoms with Crippen molar-refractivity contribution in [3.8, 4) is 0 Å². The van der Waals surface area contributed by atoms with Crippen LogP contribution in [0.5, 0.6) is 0 Å². The summed E-state index contributed by atoms with van der Waals surface area (Å²) in [5.74, 6) is -1.73. The molecule has 0 radical (unpaired) electrons. The molecule has 2 aromatic rings. The maximum absolute atomic E-state index is 15.4. The van der Waals surface area contributed by atoms with Crippen LogP contribution in [0.4, 0.5) is 33.5 Å². The van der Waals surface area contributed by atoms with E-state index in [-0.39, 0.29) is 48.0 Å². The number of halogens is 5. The molecule has 0 saturated heterocycles.